The zero-order valence-corrected chi connectivity index (χ0v) is 24.2. The van der Waals surface area contributed by atoms with E-state index in [4.69, 9.17) is 4.98 Å². The van der Waals surface area contributed by atoms with Gasteiger partial charge < -0.3 is 14.9 Å². The predicted molar refractivity (Wildman–Crippen MR) is 156 cm³/mol. The highest BCUT2D eigenvalue weighted by atomic mass is 28.3. The van der Waals surface area contributed by atoms with Gasteiger partial charge in [-0.1, -0.05) is 66.9 Å². The first kappa shape index (κ1) is 26.5. The topological polar surface area (TPSA) is 59.0 Å². The molecule has 5 nitrogen and oxygen atoms in total. The summed E-state index contributed by atoms with van der Waals surface area (Å²) in [5.41, 5.74) is 6.14. The summed E-state index contributed by atoms with van der Waals surface area (Å²) in [6.45, 7) is 16.1. The van der Waals surface area contributed by atoms with Crippen LogP contribution in [0.1, 0.15) is 92.1 Å². The van der Waals surface area contributed by atoms with E-state index in [9.17, 15) is 4.79 Å². The number of rotatable bonds is 8. The van der Waals surface area contributed by atoms with Gasteiger partial charge in [-0.25, -0.2) is 4.98 Å². The molecule has 1 aliphatic rings. The number of hydrogen-bond donors (Lipinski definition) is 2. The second-order valence-corrected chi connectivity index (χ2v) is 17.3. The molecule has 0 unspecified atom stereocenters. The standard InChI is InChI=1S/C30H44N4OSi/c1-20(2)36(21(3)4,22(5)6)34-19-28(24-12-9-8-10-13-24)27-16-17-29(33-30(27)34)32-26-15-11-14-25(18-26)31-23(7)35/h11,14-22,24H,8-10,12-13H2,1-7H3,(H,31,35)(H,32,33). The molecule has 3 aromatic rings. The monoisotopic (exact) mass is 504 g/mol. The Morgan fingerprint density at radius 1 is 0.944 bits per heavy atom. The van der Waals surface area contributed by atoms with E-state index in [1.165, 1.54) is 50.0 Å². The summed E-state index contributed by atoms with van der Waals surface area (Å²) in [5.74, 6) is 1.41. The van der Waals surface area contributed by atoms with Crippen LogP contribution in [0.3, 0.4) is 0 Å². The third-order valence-electron chi connectivity index (χ3n) is 8.37. The molecule has 6 heteroatoms. The fraction of sp³-hybridized carbons (Fsp3) is 0.533. The van der Waals surface area contributed by atoms with Crippen molar-refractivity contribution < 1.29 is 4.79 Å². The van der Waals surface area contributed by atoms with E-state index in [0.29, 0.717) is 22.5 Å². The van der Waals surface area contributed by atoms with Crippen molar-refractivity contribution >= 4 is 42.4 Å². The smallest absolute Gasteiger partial charge is 0.221 e. The molecule has 4 rings (SSSR count). The fourth-order valence-corrected chi connectivity index (χ4v) is 13.7. The molecule has 0 atom stereocenters. The van der Waals surface area contributed by atoms with E-state index in [2.05, 4.69) is 74.7 Å². The van der Waals surface area contributed by atoms with Crippen LogP contribution in [0.15, 0.2) is 42.6 Å². The normalized spacial score (nSPS) is 15.3. The molecular weight excluding hydrogens is 460 g/mol. The van der Waals surface area contributed by atoms with E-state index >= 15 is 0 Å². The lowest BCUT2D eigenvalue weighted by Gasteiger charge is -2.44. The van der Waals surface area contributed by atoms with Crippen molar-refractivity contribution in [3.05, 3.63) is 48.2 Å². The van der Waals surface area contributed by atoms with Crippen LogP contribution >= 0.6 is 0 Å². The van der Waals surface area contributed by atoms with Gasteiger partial charge in [0.25, 0.3) is 0 Å². The molecule has 2 N–H and O–H groups in total. The molecule has 1 aliphatic carbocycles. The van der Waals surface area contributed by atoms with Crippen molar-refractivity contribution in [2.24, 2.45) is 0 Å². The number of carbonyl (C=O) groups excluding carboxylic acids is 1. The average molecular weight is 505 g/mol. The van der Waals surface area contributed by atoms with E-state index in [-0.39, 0.29) is 5.91 Å². The van der Waals surface area contributed by atoms with Gasteiger partial charge in [-0.15, -0.1) is 0 Å². The maximum atomic E-state index is 11.5. The third kappa shape index (κ3) is 4.97. The minimum atomic E-state index is -1.97. The van der Waals surface area contributed by atoms with Crippen LogP contribution in [0, 0.1) is 0 Å². The number of benzene rings is 1. The molecule has 194 valence electrons. The van der Waals surface area contributed by atoms with Crippen molar-refractivity contribution in [3.63, 3.8) is 0 Å². The van der Waals surface area contributed by atoms with Crippen molar-refractivity contribution in [2.75, 3.05) is 10.6 Å². The van der Waals surface area contributed by atoms with Gasteiger partial charge in [0, 0.05) is 29.9 Å². The van der Waals surface area contributed by atoms with Crippen molar-refractivity contribution in [3.8, 4) is 0 Å². The molecule has 0 bridgehead atoms. The van der Waals surface area contributed by atoms with Crippen molar-refractivity contribution in [1.82, 2.24) is 9.22 Å². The van der Waals surface area contributed by atoms with Crippen LogP contribution in [-0.2, 0) is 4.79 Å². The van der Waals surface area contributed by atoms with Crippen LogP contribution in [0.2, 0.25) is 16.6 Å². The Bertz CT molecular complexity index is 1190. The Morgan fingerprint density at radius 2 is 1.58 bits per heavy atom. The molecule has 1 saturated carbocycles. The van der Waals surface area contributed by atoms with Crippen molar-refractivity contribution in [2.45, 2.75) is 103 Å². The summed E-state index contributed by atoms with van der Waals surface area (Å²) in [7, 11) is -1.97. The van der Waals surface area contributed by atoms with Crippen LogP contribution < -0.4 is 10.6 Å². The van der Waals surface area contributed by atoms with Gasteiger partial charge in [0.05, 0.1) is 0 Å². The molecule has 36 heavy (non-hydrogen) atoms. The van der Waals surface area contributed by atoms with E-state index in [1.807, 2.05) is 24.3 Å². The first-order chi connectivity index (χ1) is 17.1. The number of aromatic nitrogens is 2. The third-order valence-corrected chi connectivity index (χ3v) is 15.1. The molecule has 0 saturated heterocycles. The zero-order chi connectivity index (χ0) is 26.0. The van der Waals surface area contributed by atoms with E-state index in [0.717, 1.165) is 22.8 Å². The van der Waals surface area contributed by atoms with Gasteiger partial charge in [-0.2, -0.15) is 0 Å². The first-order valence-corrected chi connectivity index (χ1v) is 16.0. The Kier molecular flexibility index (Phi) is 7.93. The number of nitrogens with zero attached hydrogens (tertiary/aromatic N) is 2. The lowest BCUT2D eigenvalue weighted by Crippen LogP contribution is -2.51. The average Bonchev–Trinajstić information content (AvgIpc) is 3.18. The minimum absolute atomic E-state index is 0.0721. The molecule has 2 aromatic heterocycles. The highest BCUT2D eigenvalue weighted by Crippen LogP contribution is 2.46. The summed E-state index contributed by atoms with van der Waals surface area (Å²) in [4.78, 5) is 16.8. The summed E-state index contributed by atoms with van der Waals surface area (Å²) in [6.07, 6.45) is 9.12. The van der Waals surface area contributed by atoms with Crippen LogP contribution in [0.25, 0.3) is 11.0 Å². The van der Waals surface area contributed by atoms with Gasteiger partial charge >= 0.3 is 0 Å². The van der Waals surface area contributed by atoms with E-state index in [1.54, 1.807) is 0 Å². The summed E-state index contributed by atoms with van der Waals surface area (Å²) >= 11 is 0. The van der Waals surface area contributed by atoms with Gasteiger partial charge in [0.2, 0.25) is 5.91 Å². The predicted octanol–water partition coefficient (Wildman–Crippen LogP) is 8.81. The number of pyridine rings is 1. The molecule has 2 heterocycles. The van der Waals surface area contributed by atoms with E-state index < -0.39 is 8.24 Å². The number of carbonyl (C=O) groups is 1. The maximum Gasteiger partial charge on any atom is 0.221 e. The molecule has 0 spiro atoms. The Labute approximate surface area is 218 Å². The number of nitrogens with one attached hydrogen (secondary N) is 2. The number of anilines is 3. The second-order valence-electron chi connectivity index (χ2n) is 11.6. The number of hydrogen-bond acceptors (Lipinski definition) is 3. The summed E-state index contributed by atoms with van der Waals surface area (Å²) < 4.78 is 2.69. The Hall–Kier alpha value is -2.60. The van der Waals surface area contributed by atoms with Gasteiger partial charge in [0.15, 0.2) is 8.24 Å². The summed E-state index contributed by atoms with van der Waals surface area (Å²) in [5, 5.41) is 7.70. The number of fused-ring (bicyclic) bond motifs is 1. The number of amides is 1. The largest absolute Gasteiger partial charge is 0.358 e. The quantitative estimate of drug-likeness (QED) is 0.301. The molecule has 1 amide bonds. The summed E-state index contributed by atoms with van der Waals surface area (Å²) in [6, 6.07) is 12.2. The molecule has 1 fully saturated rings. The Balaban J connectivity index is 1.85. The van der Waals surface area contributed by atoms with Crippen molar-refractivity contribution in [1.29, 1.82) is 0 Å². The van der Waals surface area contributed by atoms with Crippen LogP contribution in [-0.4, -0.2) is 23.4 Å². The molecule has 0 aliphatic heterocycles. The molecule has 1 aromatic carbocycles. The SMILES string of the molecule is CC(=O)Nc1cccc(Nc2ccc3c(C4CCCCC4)cn([Si](C(C)C)(C(C)C)C(C)C)c3n2)c1. The van der Waals surface area contributed by atoms with Crippen LogP contribution in [0.5, 0.6) is 0 Å². The molecule has 0 radical (unpaired) electrons. The highest BCUT2D eigenvalue weighted by molar-refractivity contribution is 6.82. The van der Waals surface area contributed by atoms with Gasteiger partial charge in [-0.05, 0) is 71.3 Å². The minimum Gasteiger partial charge on any atom is -0.358 e. The lowest BCUT2D eigenvalue weighted by atomic mass is 9.84. The maximum absolute atomic E-state index is 11.5. The fourth-order valence-electron chi connectivity index (χ4n) is 7.09. The van der Waals surface area contributed by atoms with Gasteiger partial charge in [0.1, 0.15) is 11.5 Å². The molecular formula is C30H44N4OSi. The second kappa shape index (κ2) is 10.8. The van der Waals surface area contributed by atoms with Gasteiger partial charge in [-0.3, -0.25) is 4.79 Å². The highest BCUT2D eigenvalue weighted by Gasteiger charge is 2.46. The Morgan fingerprint density at radius 3 is 2.19 bits per heavy atom. The first-order valence-electron chi connectivity index (χ1n) is 13.8. The zero-order valence-electron chi connectivity index (χ0n) is 23.2. The van der Waals surface area contributed by atoms with Crippen LogP contribution in [0.4, 0.5) is 17.2 Å². The lowest BCUT2D eigenvalue weighted by molar-refractivity contribution is -0.114.